The summed E-state index contributed by atoms with van der Waals surface area (Å²) in [4.78, 5) is 42.8. The van der Waals surface area contributed by atoms with E-state index in [1.165, 1.54) is 0 Å². The van der Waals surface area contributed by atoms with E-state index in [-0.39, 0.29) is 30.3 Å². The van der Waals surface area contributed by atoms with Crippen molar-refractivity contribution < 1.29 is 14.4 Å². The summed E-state index contributed by atoms with van der Waals surface area (Å²) in [5, 5.41) is 7.61. The van der Waals surface area contributed by atoms with Crippen LogP contribution in [0.3, 0.4) is 0 Å². The van der Waals surface area contributed by atoms with Crippen LogP contribution in [0.25, 0.3) is 0 Å². The first-order chi connectivity index (χ1) is 14.3. The molecular formula is C22H33N5O3. The van der Waals surface area contributed by atoms with Gasteiger partial charge in [-0.15, -0.1) is 0 Å². The Balaban J connectivity index is 1.57. The standard InChI is InChI=1S/C22H33N5O3/c1-4-26-20(29)18-13-17(19(28)25-11-9-15(2)10-12-25)24-27(18)14-22(26,3)21(30)23-16-7-5-6-8-16/h13,15-16H,4-12,14H2,1-3H3,(H,23,30)/t22-/m1/s1. The Morgan fingerprint density at radius 3 is 2.50 bits per heavy atom. The van der Waals surface area contributed by atoms with Crippen LogP contribution in [0.1, 0.15) is 80.3 Å². The molecule has 2 fully saturated rings. The second kappa shape index (κ2) is 8.04. The fourth-order valence-corrected chi connectivity index (χ4v) is 5.03. The lowest BCUT2D eigenvalue weighted by Gasteiger charge is -2.43. The third-order valence-corrected chi connectivity index (χ3v) is 7.08. The van der Waals surface area contributed by atoms with E-state index < -0.39 is 5.54 Å². The normalized spacial score (nSPS) is 25.5. The Hall–Kier alpha value is -2.38. The first-order valence-electron chi connectivity index (χ1n) is 11.3. The monoisotopic (exact) mass is 415 g/mol. The minimum atomic E-state index is -1.02. The molecule has 0 bridgehead atoms. The Labute approximate surface area is 178 Å². The number of carbonyl (C=O) groups is 3. The van der Waals surface area contributed by atoms with Crippen LogP contribution in [0.4, 0.5) is 0 Å². The van der Waals surface area contributed by atoms with Crippen LogP contribution in [-0.4, -0.2) is 68.5 Å². The van der Waals surface area contributed by atoms with Gasteiger partial charge < -0.3 is 15.1 Å². The van der Waals surface area contributed by atoms with Crippen LogP contribution in [0.15, 0.2) is 6.07 Å². The largest absolute Gasteiger partial charge is 0.351 e. The number of piperidine rings is 1. The first-order valence-corrected chi connectivity index (χ1v) is 11.3. The number of rotatable bonds is 4. The SMILES string of the molecule is CCN1C(=O)c2cc(C(=O)N3CCC(C)CC3)nn2C[C@]1(C)C(=O)NC1CCCC1. The molecule has 0 spiro atoms. The first kappa shape index (κ1) is 20.9. The summed E-state index contributed by atoms with van der Waals surface area (Å²) in [5.41, 5.74) is -0.338. The van der Waals surface area contributed by atoms with E-state index in [4.69, 9.17) is 0 Å². The third-order valence-electron chi connectivity index (χ3n) is 7.08. The Bertz CT molecular complexity index is 836. The van der Waals surface area contributed by atoms with Gasteiger partial charge in [-0.2, -0.15) is 5.10 Å². The molecule has 30 heavy (non-hydrogen) atoms. The number of amides is 3. The summed E-state index contributed by atoms with van der Waals surface area (Å²) in [5.74, 6) is 0.120. The molecule has 0 aromatic carbocycles. The number of carbonyl (C=O) groups excluding carboxylic acids is 3. The van der Waals surface area contributed by atoms with Crippen molar-refractivity contribution >= 4 is 17.7 Å². The molecule has 0 unspecified atom stereocenters. The molecule has 2 aliphatic heterocycles. The van der Waals surface area contributed by atoms with Crippen LogP contribution in [0.2, 0.25) is 0 Å². The number of likely N-dealkylation sites (tertiary alicyclic amines) is 1. The predicted octanol–water partition coefficient (Wildman–Crippen LogP) is 2.05. The zero-order valence-electron chi connectivity index (χ0n) is 18.3. The maximum absolute atomic E-state index is 13.2. The number of hydrogen-bond acceptors (Lipinski definition) is 4. The van der Waals surface area contributed by atoms with E-state index in [9.17, 15) is 14.4 Å². The molecule has 1 atom stereocenters. The van der Waals surface area contributed by atoms with Crippen molar-refractivity contribution in [1.29, 1.82) is 0 Å². The Morgan fingerprint density at radius 2 is 1.87 bits per heavy atom. The van der Waals surface area contributed by atoms with Crippen molar-refractivity contribution in [2.24, 2.45) is 5.92 Å². The lowest BCUT2D eigenvalue weighted by molar-refractivity contribution is -0.133. The molecule has 1 N–H and O–H groups in total. The van der Waals surface area contributed by atoms with Gasteiger partial charge in [0, 0.05) is 31.7 Å². The van der Waals surface area contributed by atoms with Crippen molar-refractivity contribution in [3.8, 4) is 0 Å². The van der Waals surface area contributed by atoms with Gasteiger partial charge in [0.2, 0.25) is 5.91 Å². The van der Waals surface area contributed by atoms with Crippen LogP contribution in [0, 0.1) is 5.92 Å². The second-order valence-electron chi connectivity index (χ2n) is 9.33. The zero-order chi connectivity index (χ0) is 21.5. The molecular weight excluding hydrogens is 382 g/mol. The number of aromatic nitrogens is 2. The van der Waals surface area contributed by atoms with E-state index in [1.807, 2.05) is 11.8 Å². The quantitative estimate of drug-likeness (QED) is 0.815. The summed E-state index contributed by atoms with van der Waals surface area (Å²) in [6.45, 7) is 8.00. The average Bonchev–Trinajstić information content (AvgIpc) is 3.38. The van der Waals surface area contributed by atoms with Gasteiger partial charge in [0.25, 0.3) is 11.8 Å². The van der Waals surface area contributed by atoms with Crippen molar-refractivity contribution in [2.45, 2.75) is 77.4 Å². The molecule has 3 aliphatic rings. The van der Waals surface area contributed by atoms with Crippen molar-refractivity contribution in [3.05, 3.63) is 17.5 Å². The van der Waals surface area contributed by atoms with Gasteiger partial charge in [-0.1, -0.05) is 19.8 Å². The molecule has 164 valence electrons. The van der Waals surface area contributed by atoms with Gasteiger partial charge in [0.1, 0.15) is 11.2 Å². The smallest absolute Gasteiger partial charge is 0.274 e. The minimum Gasteiger partial charge on any atom is -0.351 e. The average molecular weight is 416 g/mol. The molecule has 1 aromatic heterocycles. The number of nitrogens with zero attached hydrogens (tertiary/aromatic N) is 4. The maximum atomic E-state index is 13.2. The van der Waals surface area contributed by atoms with Crippen molar-refractivity contribution in [2.75, 3.05) is 19.6 Å². The number of hydrogen-bond donors (Lipinski definition) is 1. The number of fused-ring (bicyclic) bond motifs is 1. The van der Waals surface area contributed by atoms with Gasteiger partial charge in [0.05, 0.1) is 6.54 Å². The number of likely N-dealkylation sites (N-methyl/N-ethyl adjacent to an activating group) is 1. The van der Waals surface area contributed by atoms with Crippen molar-refractivity contribution in [3.63, 3.8) is 0 Å². The summed E-state index contributed by atoms with van der Waals surface area (Å²) in [6, 6.07) is 1.78. The third kappa shape index (κ3) is 3.61. The number of nitrogens with one attached hydrogen (secondary N) is 1. The van der Waals surface area contributed by atoms with E-state index in [0.29, 0.717) is 23.9 Å². The predicted molar refractivity (Wildman–Crippen MR) is 112 cm³/mol. The summed E-state index contributed by atoms with van der Waals surface area (Å²) in [6.07, 6.45) is 6.21. The summed E-state index contributed by atoms with van der Waals surface area (Å²) in [7, 11) is 0. The Morgan fingerprint density at radius 1 is 1.20 bits per heavy atom. The van der Waals surface area contributed by atoms with E-state index in [2.05, 4.69) is 17.3 Å². The molecule has 8 heteroatoms. The van der Waals surface area contributed by atoms with Gasteiger partial charge in [-0.05, 0) is 45.4 Å². The highest BCUT2D eigenvalue weighted by atomic mass is 16.2. The molecule has 1 aliphatic carbocycles. The van der Waals surface area contributed by atoms with Crippen LogP contribution in [0.5, 0.6) is 0 Å². The Kier molecular flexibility index (Phi) is 5.59. The van der Waals surface area contributed by atoms with Crippen molar-refractivity contribution in [1.82, 2.24) is 24.9 Å². The topological polar surface area (TPSA) is 87.5 Å². The van der Waals surface area contributed by atoms with Crippen LogP contribution in [-0.2, 0) is 11.3 Å². The molecule has 3 heterocycles. The maximum Gasteiger partial charge on any atom is 0.274 e. The van der Waals surface area contributed by atoms with Crippen LogP contribution < -0.4 is 5.32 Å². The lowest BCUT2D eigenvalue weighted by atomic mass is 9.94. The fourth-order valence-electron chi connectivity index (χ4n) is 5.03. The summed E-state index contributed by atoms with van der Waals surface area (Å²) < 4.78 is 1.56. The molecule has 8 nitrogen and oxygen atoms in total. The molecule has 4 rings (SSSR count). The van der Waals surface area contributed by atoms with Crippen LogP contribution >= 0.6 is 0 Å². The highest BCUT2D eigenvalue weighted by Gasteiger charge is 2.48. The molecule has 1 aromatic rings. The summed E-state index contributed by atoms with van der Waals surface area (Å²) >= 11 is 0. The van der Waals surface area contributed by atoms with E-state index in [0.717, 1.165) is 51.6 Å². The lowest BCUT2D eigenvalue weighted by Crippen LogP contribution is -2.64. The van der Waals surface area contributed by atoms with Gasteiger partial charge in [0.15, 0.2) is 5.69 Å². The highest BCUT2D eigenvalue weighted by Crippen LogP contribution is 2.29. The highest BCUT2D eigenvalue weighted by molar-refractivity contribution is 6.02. The molecule has 0 radical (unpaired) electrons. The van der Waals surface area contributed by atoms with Gasteiger partial charge in [-0.25, -0.2) is 0 Å². The zero-order valence-corrected chi connectivity index (χ0v) is 18.3. The molecule has 1 saturated carbocycles. The second-order valence-corrected chi connectivity index (χ2v) is 9.33. The minimum absolute atomic E-state index is 0.128. The van der Waals surface area contributed by atoms with E-state index in [1.54, 1.807) is 22.6 Å². The molecule has 3 amide bonds. The molecule has 1 saturated heterocycles. The fraction of sp³-hybridized carbons (Fsp3) is 0.727. The van der Waals surface area contributed by atoms with Gasteiger partial charge in [-0.3, -0.25) is 19.1 Å². The van der Waals surface area contributed by atoms with Gasteiger partial charge >= 0.3 is 0 Å². The van der Waals surface area contributed by atoms with E-state index >= 15 is 0 Å².